The molecule has 68 heavy (non-hydrogen) atoms. The zero-order valence-electron chi connectivity index (χ0n) is 35.6. The van der Waals surface area contributed by atoms with Gasteiger partial charge in [0.2, 0.25) is 5.88 Å². The van der Waals surface area contributed by atoms with Crippen LogP contribution in [0.15, 0.2) is 125 Å². The first kappa shape index (κ1) is 48.1. The number of phenolic OH excluding ortho intramolecular Hbond substituents is 1. The van der Waals surface area contributed by atoms with E-state index in [2.05, 4.69) is 36.0 Å². The molecule has 2 aliphatic rings. The summed E-state index contributed by atoms with van der Waals surface area (Å²) >= 11 is 5.41. The van der Waals surface area contributed by atoms with Crippen LogP contribution >= 0.6 is 12.2 Å². The predicted octanol–water partition coefficient (Wildman–Crippen LogP) is 7.96. The van der Waals surface area contributed by atoms with Crippen molar-refractivity contribution in [2.24, 2.45) is 0 Å². The van der Waals surface area contributed by atoms with Crippen LogP contribution < -0.4 is 36.2 Å². The summed E-state index contributed by atoms with van der Waals surface area (Å²) in [7, 11) is 0. The normalized spacial score (nSPS) is 11.3. The number of anilines is 3. The molecule has 0 atom stereocenters. The van der Waals surface area contributed by atoms with Crippen LogP contribution in [0.2, 0.25) is 0 Å². The summed E-state index contributed by atoms with van der Waals surface area (Å²) in [6, 6.07) is 26.6. The zero-order chi connectivity index (χ0) is 48.0. The highest BCUT2D eigenvalue weighted by atomic mass is 32.1. The predicted molar refractivity (Wildman–Crippen MR) is 247 cm³/mol. The van der Waals surface area contributed by atoms with Crippen molar-refractivity contribution in [2.75, 3.05) is 63.4 Å². The number of fused-ring (bicyclic) bond motifs is 2. The minimum atomic E-state index is -4.80. The molecule has 2 heterocycles. The first-order valence-electron chi connectivity index (χ1n) is 20.6. The molecular formula is C47H41F3N6O11S. The maximum Gasteiger partial charge on any atom is 0.573 e. The van der Waals surface area contributed by atoms with E-state index in [1.807, 2.05) is 0 Å². The van der Waals surface area contributed by atoms with Crippen molar-refractivity contribution >= 4 is 57.4 Å². The molecule has 0 spiro atoms. The molecule has 0 saturated carbocycles. The maximum absolute atomic E-state index is 12.8. The molecule has 0 unspecified atom stereocenters. The highest BCUT2D eigenvalue weighted by Gasteiger charge is 2.31. The number of amides is 1. The number of carbonyl (C=O) groups is 2. The van der Waals surface area contributed by atoms with Crippen LogP contribution in [0.5, 0.6) is 23.1 Å². The summed E-state index contributed by atoms with van der Waals surface area (Å²) < 4.78 is 69.6. The maximum atomic E-state index is 12.8. The van der Waals surface area contributed by atoms with Gasteiger partial charge >= 0.3 is 12.3 Å². The van der Waals surface area contributed by atoms with Crippen molar-refractivity contribution in [3.8, 4) is 45.6 Å². The molecular weight excluding hydrogens is 914 g/mol. The van der Waals surface area contributed by atoms with Crippen molar-refractivity contribution in [2.45, 2.75) is 6.36 Å². The number of ether oxygens (including phenoxy) is 5. The second-order valence-corrected chi connectivity index (χ2v) is 14.8. The summed E-state index contributed by atoms with van der Waals surface area (Å²) in [6.45, 7) is 2.37. The number of nitrogens with one attached hydrogen (secondary N) is 4. The average Bonchev–Trinajstić information content (AvgIpc) is 3.30. The van der Waals surface area contributed by atoms with Crippen LogP contribution in [0.1, 0.15) is 20.7 Å². The molecule has 21 heteroatoms. The summed E-state index contributed by atoms with van der Waals surface area (Å²) in [5.74, 6) is -0.899. The van der Waals surface area contributed by atoms with E-state index in [1.54, 1.807) is 42.5 Å². The van der Waals surface area contributed by atoms with E-state index in [-0.39, 0.29) is 63.9 Å². The van der Waals surface area contributed by atoms with Gasteiger partial charge in [-0.05, 0) is 96.6 Å². The Morgan fingerprint density at radius 2 is 1.44 bits per heavy atom. The largest absolute Gasteiger partial charge is 0.573 e. The molecule has 5 aromatic rings. The van der Waals surface area contributed by atoms with Gasteiger partial charge in [-0.1, -0.05) is 12.1 Å². The molecule has 4 aromatic carbocycles. The van der Waals surface area contributed by atoms with Crippen LogP contribution in [0.4, 0.5) is 30.4 Å². The van der Waals surface area contributed by atoms with Gasteiger partial charge in [-0.2, -0.15) is 0 Å². The molecule has 1 aliphatic heterocycles. The van der Waals surface area contributed by atoms with Crippen LogP contribution in [0, 0.1) is 0 Å². The number of hydrogen-bond acceptors (Lipinski definition) is 14. The molecule has 352 valence electrons. The number of hydrogen-bond donors (Lipinski definition) is 6. The number of rotatable bonds is 21. The monoisotopic (exact) mass is 954 g/mol. The summed E-state index contributed by atoms with van der Waals surface area (Å²) in [5.41, 5.74) is 2.63. The number of aromatic nitrogens is 2. The van der Waals surface area contributed by atoms with E-state index in [1.165, 1.54) is 60.9 Å². The van der Waals surface area contributed by atoms with Gasteiger partial charge in [0.1, 0.15) is 40.7 Å². The summed E-state index contributed by atoms with van der Waals surface area (Å²) in [5, 5.41) is 32.8. The van der Waals surface area contributed by atoms with Crippen LogP contribution in [-0.4, -0.2) is 96.3 Å². The Labute approximate surface area is 390 Å². The molecule has 1 aromatic heterocycles. The lowest BCUT2D eigenvalue weighted by molar-refractivity contribution is -0.274. The third-order valence-corrected chi connectivity index (χ3v) is 9.83. The molecule has 1 aliphatic carbocycles. The van der Waals surface area contributed by atoms with E-state index in [0.717, 1.165) is 12.1 Å². The highest BCUT2D eigenvalue weighted by molar-refractivity contribution is 7.80. The van der Waals surface area contributed by atoms with Crippen LogP contribution in [0.25, 0.3) is 33.4 Å². The van der Waals surface area contributed by atoms with Gasteiger partial charge in [0, 0.05) is 64.7 Å². The number of halogens is 3. The topological polar surface area (TPSA) is 225 Å². The Morgan fingerprint density at radius 1 is 0.735 bits per heavy atom. The fourth-order valence-corrected chi connectivity index (χ4v) is 6.85. The van der Waals surface area contributed by atoms with Crippen molar-refractivity contribution in [1.82, 2.24) is 20.6 Å². The summed E-state index contributed by atoms with van der Waals surface area (Å²) in [6.07, 6.45) is -3.55. The molecule has 7 rings (SSSR count). The van der Waals surface area contributed by atoms with E-state index in [4.69, 9.17) is 35.6 Å². The molecule has 0 bridgehead atoms. The van der Waals surface area contributed by atoms with Gasteiger partial charge in [-0.3, -0.25) is 9.59 Å². The Bertz CT molecular complexity index is 2920. The SMILES string of the molecule is O=C(NCCOCCOCCOCCNC(=S)Nc1ccc(-c2c3ccc(=O)cc-3oc3cc(O)ccc23)c(C(=O)O)c1)c1cccc(Oc2cc(Nc3ccc(OC(F)(F)F)cc3)ncn2)c1. The van der Waals surface area contributed by atoms with Crippen LogP contribution in [0.3, 0.4) is 0 Å². The van der Waals surface area contributed by atoms with E-state index in [9.17, 15) is 37.8 Å². The third kappa shape index (κ3) is 13.6. The zero-order valence-corrected chi connectivity index (χ0v) is 36.4. The number of benzene rings is 5. The average molecular weight is 955 g/mol. The van der Waals surface area contributed by atoms with E-state index >= 15 is 0 Å². The lowest BCUT2D eigenvalue weighted by Crippen LogP contribution is -2.31. The molecule has 6 N–H and O–H groups in total. The van der Waals surface area contributed by atoms with Gasteiger partial charge in [-0.15, -0.1) is 13.2 Å². The van der Waals surface area contributed by atoms with Gasteiger partial charge < -0.3 is 59.6 Å². The smallest absolute Gasteiger partial charge is 0.508 e. The molecule has 17 nitrogen and oxygen atoms in total. The Balaban J connectivity index is 0.755. The number of thiocarbonyl (C=S) groups is 1. The number of carboxylic acid groups (broad SMARTS) is 1. The van der Waals surface area contributed by atoms with E-state index in [0.29, 0.717) is 90.2 Å². The van der Waals surface area contributed by atoms with Crippen molar-refractivity contribution in [3.63, 3.8) is 0 Å². The Morgan fingerprint density at radius 3 is 2.18 bits per heavy atom. The number of carbonyl (C=O) groups excluding carboxylic acids is 1. The Hall–Kier alpha value is -7.85. The highest BCUT2D eigenvalue weighted by Crippen LogP contribution is 2.42. The second kappa shape index (κ2) is 22.6. The number of carboxylic acids is 1. The first-order valence-corrected chi connectivity index (χ1v) is 21.1. The fourth-order valence-electron chi connectivity index (χ4n) is 6.63. The molecule has 1 amide bonds. The van der Waals surface area contributed by atoms with Crippen molar-refractivity contribution in [1.29, 1.82) is 0 Å². The van der Waals surface area contributed by atoms with Gasteiger partial charge in [-0.25, -0.2) is 14.8 Å². The quantitative estimate of drug-likeness (QED) is 0.0228. The Kier molecular flexibility index (Phi) is 16.0. The minimum Gasteiger partial charge on any atom is -0.508 e. The number of nitrogens with zero attached hydrogens (tertiary/aromatic N) is 2. The van der Waals surface area contributed by atoms with Gasteiger partial charge in [0.05, 0.1) is 45.2 Å². The standard InChI is InChI=1S/C47H41F3N6O11S/c48-47(49,50)67-33-9-4-29(5-10-33)55-41-26-42(54-27-53-41)65-34-3-1-2-28(22-34)44(59)51-14-16-62-18-20-64-21-19-63-17-15-52-46(68)56-30-6-11-35(38(23-30)45(60)61)43-36-12-7-31(57)24-39(36)66-40-25-32(58)8-13-37(40)43/h1-13,22-27,57H,14-21H2,(H,51,59)(H,60,61)(H2,52,56,68)(H,53,54,55). The lowest BCUT2D eigenvalue weighted by Gasteiger charge is -2.18. The summed E-state index contributed by atoms with van der Waals surface area (Å²) in [4.78, 5) is 45.6. The number of aromatic hydroxyl groups is 1. The molecule has 0 saturated heterocycles. The van der Waals surface area contributed by atoms with Gasteiger partial charge in [0.25, 0.3) is 5.91 Å². The minimum absolute atomic E-state index is 0.0242. The first-order chi connectivity index (χ1) is 32.8. The molecule has 0 radical (unpaired) electrons. The molecule has 0 fully saturated rings. The number of aromatic carboxylic acids is 1. The second-order valence-electron chi connectivity index (χ2n) is 14.4. The lowest BCUT2D eigenvalue weighted by atomic mass is 9.90. The van der Waals surface area contributed by atoms with Crippen LogP contribution in [-0.2, 0) is 14.2 Å². The van der Waals surface area contributed by atoms with E-state index < -0.39 is 12.3 Å². The number of alkyl halides is 3. The van der Waals surface area contributed by atoms with Crippen molar-refractivity contribution in [3.05, 3.63) is 137 Å². The fraction of sp³-hybridized carbons (Fsp3) is 0.191. The number of phenols is 1. The van der Waals surface area contributed by atoms with Gasteiger partial charge in [0.15, 0.2) is 10.5 Å². The third-order valence-electron chi connectivity index (χ3n) is 9.58. The van der Waals surface area contributed by atoms with Crippen molar-refractivity contribution < 1.29 is 61.1 Å².